The Balaban J connectivity index is 2.99. The summed E-state index contributed by atoms with van der Waals surface area (Å²) in [6.45, 7) is 10.8. The van der Waals surface area contributed by atoms with E-state index in [1.807, 2.05) is 11.6 Å². The number of unbranched alkanes of at least 4 members (excludes halogenated alkanes) is 1. The zero-order chi connectivity index (χ0) is 17.5. The number of aromatic nitrogens is 2. The highest BCUT2D eigenvalue weighted by molar-refractivity contribution is 7.91. The maximum absolute atomic E-state index is 12.7. The van der Waals surface area contributed by atoms with Gasteiger partial charge in [0.05, 0.1) is 17.6 Å². The van der Waals surface area contributed by atoms with Crippen LogP contribution in [0.3, 0.4) is 0 Å². The van der Waals surface area contributed by atoms with E-state index in [-0.39, 0.29) is 10.9 Å². The van der Waals surface area contributed by atoms with Crippen molar-refractivity contribution < 1.29 is 8.42 Å². The lowest BCUT2D eigenvalue weighted by Gasteiger charge is -2.17. The molecule has 0 fully saturated rings. The Morgan fingerprint density at radius 2 is 1.96 bits per heavy atom. The normalized spacial score (nSPS) is 12.5. The van der Waals surface area contributed by atoms with Crippen LogP contribution in [0, 0.1) is 5.92 Å². The van der Waals surface area contributed by atoms with E-state index < -0.39 is 9.84 Å². The third-order valence-electron chi connectivity index (χ3n) is 4.08. The largest absolute Gasteiger partial charge is 0.318 e. The van der Waals surface area contributed by atoms with Crippen LogP contribution in [0.1, 0.15) is 59.1 Å². The molecule has 0 saturated heterocycles. The van der Waals surface area contributed by atoms with Gasteiger partial charge < -0.3 is 9.47 Å². The summed E-state index contributed by atoms with van der Waals surface area (Å²) in [6, 6.07) is 0. The first-order valence-electron chi connectivity index (χ1n) is 8.77. The summed E-state index contributed by atoms with van der Waals surface area (Å²) >= 11 is 0. The molecule has 0 aliphatic heterocycles. The molecule has 5 nitrogen and oxygen atoms in total. The summed E-state index contributed by atoms with van der Waals surface area (Å²) in [6.07, 6.45) is 5.37. The lowest BCUT2D eigenvalue weighted by Crippen LogP contribution is -2.21. The van der Waals surface area contributed by atoms with E-state index in [1.165, 1.54) is 0 Å². The van der Waals surface area contributed by atoms with Crippen molar-refractivity contribution in [2.24, 2.45) is 5.92 Å². The standard InChI is InChI=1S/C17H33N3O2S/c1-6-8-11-20-16(14-19(5)7-2)13-18-17(20)23(21,22)12-9-10-15(3)4/h13,15H,6-12,14H2,1-5H3. The predicted molar refractivity (Wildman–Crippen MR) is 95.3 cm³/mol. The lowest BCUT2D eigenvalue weighted by atomic mass is 10.1. The molecule has 0 N–H and O–H groups in total. The summed E-state index contributed by atoms with van der Waals surface area (Å²) in [5.74, 6) is 0.719. The smallest absolute Gasteiger partial charge is 0.227 e. The van der Waals surface area contributed by atoms with Crippen LogP contribution in [-0.4, -0.2) is 42.2 Å². The van der Waals surface area contributed by atoms with Gasteiger partial charge in [0.15, 0.2) is 0 Å². The molecule has 1 heterocycles. The quantitative estimate of drug-likeness (QED) is 0.618. The summed E-state index contributed by atoms with van der Waals surface area (Å²) in [7, 11) is -1.27. The highest BCUT2D eigenvalue weighted by Gasteiger charge is 2.23. The lowest BCUT2D eigenvalue weighted by molar-refractivity contribution is 0.331. The van der Waals surface area contributed by atoms with Crippen LogP contribution in [0.15, 0.2) is 11.4 Å². The SMILES string of the molecule is CCCCn1c(CN(C)CC)cnc1S(=O)(=O)CCCC(C)C. The van der Waals surface area contributed by atoms with Gasteiger partial charge in [-0.15, -0.1) is 0 Å². The van der Waals surface area contributed by atoms with Crippen LogP contribution in [0.2, 0.25) is 0 Å². The van der Waals surface area contributed by atoms with E-state index in [2.05, 4.69) is 37.6 Å². The van der Waals surface area contributed by atoms with Crippen LogP contribution in [0.4, 0.5) is 0 Å². The number of imidazole rings is 1. The van der Waals surface area contributed by atoms with Gasteiger partial charge in [-0.25, -0.2) is 13.4 Å². The van der Waals surface area contributed by atoms with Crippen LogP contribution in [-0.2, 0) is 22.9 Å². The van der Waals surface area contributed by atoms with E-state index in [0.29, 0.717) is 12.3 Å². The maximum atomic E-state index is 12.7. The van der Waals surface area contributed by atoms with E-state index in [4.69, 9.17) is 0 Å². The molecular weight excluding hydrogens is 310 g/mol. The molecule has 6 heteroatoms. The van der Waals surface area contributed by atoms with E-state index in [0.717, 1.165) is 44.6 Å². The van der Waals surface area contributed by atoms with Crippen molar-refractivity contribution in [1.29, 1.82) is 0 Å². The summed E-state index contributed by atoms with van der Waals surface area (Å²) in [5.41, 5.74) is 0.991. The van der Waals surface area contributed by atoms with Gasteiger partial charge >= 0.3 is 0 Å². The van der Waals surface area contributed by atoms with Gasteiger partial charge in [-0.1, -0.05) is 34.1 Å². The van der Waals surface area contributed by atoms with Crippen LogP contribution in [0.5, 0.6) is 0 Å². The Morgan fingerprint density at radius 1 is 1.26 bits per heavy atom. The highest BCUT2D eigenvalue weighted by Crippen LogP contribution is 2.18. The Morgan fingerprint density at radius 3 is 2.52 bits per heavy atom. The topological polar surface area (TPSA) is 55.2 Å². The van der Waals surface area contributed by atoms with Crippen LogP contribution >= 0.6 is 0 Å². The van der Waals surface area contributed by atoms with Crippen molar-refractivity contribution in [1.82, 2.24) is 14.5 Å². The van der Waals surface area contributed by atoms with Crippen LogP contribution in [0.25, 0.3) is 0 Å². The molecule has 0 bridgehead atoms. The first-order chi connectivity index (χ1) is 10.8. The van der Waals surface area contributed by atoms with E-state index in [9.17, 15) is 8.42 Å². The molecule has 0 radical (unpaired) electrons. The first-order valence-corrected chi connectivity index (χ1v) is 10.4. The fraction of sp³-hybridized carbons (Fsp3) is 0.824. The Kier molecular flexibility index (Phi) is 8.26. The third kappa shape index (κ3) is 6.26. The minimum absolute atomic E-state index is 0.192. The second kappa shape index (κ2) is 9.42. The van der Waals surface area contributed by atoms with E-state index in [1.54, 1.807) is 6.20 Å². The molecule has 0 amide bonds. The van der Waals surface area contributed by atoms with Gasteiger partial charge in [-0.3, -0.25) is 0 Å². The zero-order valence-electron chi connectivity index (χ0n) is 15.4. The zero-order valence-corrected chi connectivity index (χ0v) is 16.2. The van der Waals surface area contributed by atoms with Gasteiger partial charge in [0.2, 0.25) is 15.0 Å². The second-order valence-electron chi connectivity index (χ2n) is 6.72. The molecule has 1 aromatic heterocycles. The number of hydrogen-bond acceptors (Lipinski definition) is 4. The molecule has 0 unspecified atom stereocenters. The molecule has 0 aliphatic rings. The Bertz CT molecular complexity index is 564. The Hall–Kier alpha value is -0.880. The summed E-state index contributed by atoms with van der Waals surface area (Å²) in [5, 5.41) is 0.259. The summed E-state index contributed by atoms with van der Waals surface area (Å²) in [4.78, 5) is 6.44. The molecule has 0 aliphatic carbocycles. The Labute approximate surface area is 142 Å². The molecular formula is C17H33N3O2S. The number of sulfone groups is 1. The average Bonchev–Trinajstić information content (AvgIpc) is 2.87. The minimum atomic E-state index is -3.31. The predicted octanol–water partition coefficient (Wildman–Crippen LogP) is 3.34. The second-order valence-corrected chi connectivity index (χ2v) is 8.73. The molecule has 134 valence electrons. The van der Waals surface area contributed by atoms with Crippen molar-refractivity contribution in [2.75, 3.05) is 19.3 Å². The van der Waals surface area contributed by atoms with Gasteiger partial charge in [0.1, 0.15) is 0 Å². The van der Waals surface area contributed by atoms with Gasteiger partial charge in [0.25, 0.3) is 0 Å². The molecule has 1 aromatic rings. The molecule has 0 atom stereocenters. The van der Waals surface area contributed by atoms with Crippen molar-refractivity contribution in [2.45, 2.75) is 71.6 Å². The van der Waals surface area contributed by atoms with Crippen molar-refractivity contribution in [3.05, 3.63) is 11.9 Å². The average molecular weight is 344 g/mol. The van der Waals surface area contributed by atoms with Gasteiger partial charge in [-0.2, -0.15) is 0 Å². The number of hydrogen-bond donors (Lipinski definition) is 0. The molecule has 1 rings (SSSR count). The van der Waals surface area contributed by atoms with Crippen molar-refractivity contribution in [3.63, 3.8) is 0 Å². The van der Waals surface area contributed by atoms with Crippen molar-refractivity contribution in [3.8, 4) is 0 Å². The van der Waals surface area contributed by atoms with Gasteiger partial charge in [-0.05, 0) is 38.8 Å². The fourth-order valence-electron chi connectivity index (χ4n) is 2.48. The van der Waals surface area contributed by atoms with E-state index >= 15 is 0 Å². The monoisotopic (exact) mass is 343 g/mol. The third-order valence-corrected chi connectivity index (χ3v) is 5.79. The fourth-order valence-corrected chi connectivity index (χ4v) is 3.97. The van der Waals surface area contributed by atoms with Gasteiger partial charge in [0, 0.05) is 13.1 Å². The molecule has 0 saturated carbocycles. The van der Waals surface area contributed by atoms with Crippen molar-refractivity contribution >= 4 is 9.84 Å². The number of rotatable bonds is 11. The minimum Gasteiger partial charge on any atom is -0.318 e. The highest BCUT2D eigenvalue weighted by atomic mass is 32.2. The maximum Gasteiger partial charge on any atom is 0.227 e. The molecule has 0 spiro atoms. The van der Waals surface area contributed by atoms with Crippen LogP contribution < -0.4 is 0 Å². The summed E-state index contributed by atoms with van der Waals surface area (Å²) < 4.78 is 27.3. The molecule has 0 aromatic carbocycles. The number of nitrogens with zero attached hydrogens (tertiary/aromatic N) is 3. The molecule has 23 heavy (non-hydrogen) atoms. The first kappa shape index (κ1) is 20.2.